The van der Waals surface area contributed by atoms with Crippen LogP contribution in [0.1, 0.15) is 25.3 Å². The molecule has 3 aromatic rings. The zero-order chi connectivity index (χ0) is 22.2. The van der Waals surface area contributed by atoms with Crippen molar-refractivity contribution >= 4 is 34.4 Å². The van der Waals surface area contributed by atoms with E-state index in [1.54, 1.807) is 6.20 Å². The molecule has 0 aliphatic carbocycles. The number of halogens is 3. The van der Waals surface area contributed by atoms with Crippen LogP contribution in [-0.2, 0) is 9.53 Å². The third-order valence-corrected chi connectivity index (χ3v) is 5.71. The van der Waals surface area contributed by atoms with E-state index in [1.165, 1.54) is 0 Å². The van der Waals surface area contributed by atoms with Gasteiger partial charge in [0.1, 0.15) is 22.8 Å². The molecule has 0 unspecified atom stereocenters. The van der Waals surface area contributed by atoms with Gasteiger partial charge in [-0.1, -0.05) is 0 Å². The molecule has 3 N–H and O–H groups in total. The van der Waals surface area contributed by atoms with E-state index in [4.69, 9.17) is 4.74 Å². The number of piperidine rings is 1. The second-order valence-corrected chi connectivity index (χ2v) is 7.93. The van der Waals surface area contributed by atoms with Crippen molar-refractivity contribution < 1.29 is 22.7 Å². The number of anilines is 3. The largest absolute Gasteiger partial charge is 0.379 e. The van der Waals surface area contributed by atoms with Gasteiger partial charge in [-0.05, 0) is 12.8 Å². The Balaban J connectivity index is 1.51. The second-order valence-electron chi connectivity index (χ2n) is 7.93. The summed E-state index contributed by atoms with van der Waals surface area (Å²) in [6.45, 7) is 1.49. The number of rotatable bonds is 5. The number of amides is 1. The predicted molar refractivity (Wildman–Crippen MR) is 111 cm³/mol. The van der Waals surface area contributed by atoms with Gasteiger partial charge in [-0.25, -0.2) is 23.1 Å². The molecule has 1 amide bonds. The molecule has 8 nitrogen and oxygen atoms in total. The molecule has 0 radical (unpaired) electrons. The van der Waals surface area contributed by atoms with E-state index >= 15 is 0 Å². The van der Waals surface area contributed by atoms with Crippen LogP contribution in [0.5, 0.6) is 0 Å². The number of pyridine rings is 1. The summed E-state index contributed by atoms with van der Waals surface area (Å²) in [7, 11) is 0. The maximum atomic E-state index is 14.3. The van der Waals surface area contributed by atoms with Gasteiger partial charge in [-0.15, -0.1) is 0 Å². The summed E-state index contributed by atoms with van der Waals surface area (Å²) in [6, 6.07) is 2.99. The summed E-state index contributed by atoms with van der Waals surface area (Å²) in [5, 5.41) is 8.83. The smallest absolute Gasteiger partial charge is 0.220 e. The Labute approximate surface area is 181 Å². The van der Waals surface area contributed by atoms with Crippen molar-refractivity contribution in [2.45, 2.75) is 31.3 Å². The Morgan fingerprint density at radius 1 is 1.16 bits per heavy atom. The summed E-state index contributed by atoms with van der Waals surface area (Å²) < 4.78 is 49.2. The van der Waals surface area contributed by atoms with E-state index in [9.17, 15) is 18.0 Å². The number of fused-ring (bicyclic) bond motifs is 1. The summed E-state index contributed by atoms with van der Waals surface area (Å²) in [6.07, 6.45) is 3.42. The predicted octanol–water partition coefficient (Wildman–Crippen LogP) is 3.24. The van der Waals surface area contributed by atoms with Gasteiger partial charge >= 0.3 is 0 Å². The fourth-order valence-corrected chi connectivity index (χ4v) is 4.10. The number of nitrogens with one attached hydrogen (secondary N) is 3. The third-order valence-electron chi connectivity index (χ3n) is 5.71. The summed E-state index contributed by atoms with van der Waals surface area (Å²) in [5.74, 6) is -2.26. The number of benzene rings is 1. The molecule has 2 aromatic heterocycles. The van der Waals surface area contributed by atoms with E-state index in [0.29, 0.717) is 68.0 Å². The first-order valence-corrected chi connectivity index (χ1v) is 10.4. The Hall–Kier alpha value is -3.34. The number of ether oxygens (including phenoxy) is 1. The zero-order valence-corrected chi connectivity index (χ0v) is 17.0. The van der Waals surface area contributed by atoms with Gasteiger partial charge in [-0.3, -0.25) is 4.79 Å². The maximum absolute atomic E-state index is 14.3. The second kappa shape index (κ2) is 8.30. The minimum atomic E-state index is -1.05. The lowest BCUT2D eigenvalue weighted by atomic mass is 10.1. The van der Waals surface area contributed by atoms with E-state index < -0.39 is 23.1 Å². The molecule has 4 heterocycles. The lowest BCUT2D eigenvalue weighted by Gasteiger charge is -2.24. The van der Waals surface area contributed by atoms with Crippen LogP contribution in [0.15, 0.2) is 24.4 Å². The molecule has 2 atom stereocenters. The van der Waals surface area contributed by atoms with Gasteiger partial charge in [0.15, 0.2) is 11.6 Å². The number of aromatic nitrogens is 3. The number of carbonyl (C=O) groups excluding carboxylic acids is 1. The summed E-state index contributed by atoms with van der Waals surface area (Å²) in [5.41, 5.74) is 0.763. The van der Waals surface area contributed by atoms with Gasteiger partial charge in [0.2, 0.25) is 11.9 Å². The van der Waals surface area contributed by atoms with Crippen molar-refractivity contribution in [3.63, 3.8) is 0 Å². The average molecular weight is 446 g/mol. The lowest BCUT2D eigenvalue weighted by molar-refractivity contribution is -0.122. The molecule has 5 rings (SSSR count). The number of imidazole rings is 1. The highest BCUT2D eigenvalue weighted by atomic mass is 19.1. The van der Waals surface area contributed by atoms with E-state index in [-0.39, 0.29) is 23.9 Å². The highest BCUT2D eigenvalue weighted by Gasteiger charge is 2.26. The highest BCUT2D eigenvalue weighted by molar-refractivity contribution is 5.82. The van der Waals surface area contributed by atoms with Crippen LogP contribution < -0.4 is 16.0 Å². The fourth-order valence-electron chi connectivity index (χ4n) is 4.10. The minimum absolute atomic E-state index is 0.0294. The summed E-state index contributed by atoms with van der Waals surface area (Å²) >= 11 is 0. The molecule has 2 saturated heterocycles. The monoisotopic (exact) mass is 446 g/mol. The Morgan fingerprint density at radius 2 is 1.97 bits per heavy atom. The topological polar surface area (TPSA) is 93.1 Å². The van der Waals surface area contributed by atoms with Gasteiger partial charge in [0.05, 0.1) is 24.4 Å². The van der Waals surface area contributed by atoms with Crippen LogP contribution >= 0.6 is 0 Å². The minimum Gasteiger partial charge on any atom is -0.379 e. The molecule has 1 aromatic carbocycles. The fraction of sp³-hybridized carbons (Fsp3) is 0.381. The number of hydrogen-bond acceptors (Lipinski definition) is 6. The maximum Gasteiger partial charge on any atom is 0.220 e. The van der Waals surface area contributed by atoms with Crippen LogP contribution in [0.3, 0.4) is 0 Å². The van der Waals surface area contributed by atoms with Crippen LogP contribution in [0.2, 0.25) is 0 Å². The lowest BCUT2D eigenvalue weighted by Crippen LogP contribution is -2.42. The molecule has 2 fully saturated rings. The van der Waals surface area contributed by atoms with Gasteiger partial charge in [-0.2, -0.15) is 0 Å². The Kier molecular flexibility index (Phi) is 5.33. The van der Waals surface area contributed by atoms with Crippen molar-refractivity contribution in [2.24, 2.45) is 0 Å². The molecule has 0 spiro atoms. The van der Waals surface area contributed by atoms with E-state index in [2.05, 4.69) is 25.9 Å². The first kappa shape index (κ1) is 20.6. The first-order chi connectivity index (χ1) is 15.5. The van der Waals surface area contributed by atoms with Gasteiger partial charge in [0.25, 0.3) is 0 Å². The third kappa shape index (κ3) is 3.95. The van der Waals surface area contributed by atoms with Crippen LogP contribution in [-0.4, -0.2) is 46.2 Å². The van der Waals surface area contributed by atoms with Crippen molar-refractivity contribution in [2.75, 3.05) is 30.4 Å². The Bertz CT molecular complexity index is 1140. The van der Waals surface area contributed by atoms with E-state index in [0.717, 1.165) is 0 Å². The normalized spacial score (nSPS) is 21.0. The highest BCUT2D eigenvalue weighted by Crippen LogP contribution is 2.33. The zero-order valence-electron chi connectivity index (χ0n) is 17.0. The molecule has 2 aliphatic heterocycles. The average Bonchev–Trinajstić information content (AvgIpc) is 3.39. The molecular formula is C21H21F3N6O2. The van der Waals surface area contributed by atoms with Crippen molar-refractivity contribution in [3.05, 3.63) is 41.8 Å². The quantitative estimate of drug-likeness (QED) is 0.557. The number of carbonyl (C=O) groups is 1. The summed E-state index contributed by atoms with van der Waals surface area (Å²) in [4.78, 5) is 20.3. The molecule has 168 valence electrons. The SMILES string of the molecule is O=C1CC[C@H](Nc2cc3c(cn2)nc(Nc2c(F)cc(F)cc2F)n3[C@H]2CCOC2)CN1. The van der Waals surface area contributed by atoms with Crippen molar-refractivity contribution in [1.82, 2.24) is 19.9 Å². The first-order valence-electron chi connectivity index (χ1n) is 10.4. The number of hydrogen-bond donors (Lipinski definition) is 3. The molecule has 11 heteroatoms. The molecule has 0 bridgehead atoms. The molecule has 2 aliphatic rings. The van der Waals surface area contributed by atoms with Crippen LogP contribution in [0.25, 0.3) is 11.0 Å². The van der Waals surface area contributed by atoms with Crippen molar-refractivity contribution in [3.8, 4) is 0 Å². The van der Waals surface area contributed by atoms with E-state index in [1.807, 2.05) is 10.6 Å². The molecular weight excluding hydrogens is 425 g/mol. The molecule has 32 heavy (non-hydrogen) atoms. The standard InChI is InChI=1S/C21H21F3N6O2/c22-11-5-14(23)20(15(24)6-11)29-21-28-16-9-25-18(27-12-1-2-19(31)26-8-12)7-17(16)30(21)13-3-4-32-10-13/h5-7,9,12-13H,1-4,8,10H2,(H,25,27)(H,26,31)(H,28,29)/t12-,13-/m0/s1. The number of nitrogens with zero attached hydrogens (tertiary/aromatic N) is 3. The van der Waals surface area contributed by atoms with Crippen LogP contribution in [0.4, 0.5) is 30.6 Å². The Morgan fingerprint density at radius 3 is 2.66 bits per heavy atom. The van der Waals surface area contributed by atoms with Gasteiger partial charge in [0, 0.05) is 43.8 Å². The van der Waals surface area contributed by atoms with Crippen molar-refractivity contribution in [1.29, 1.82) is 0 Å². The van der Waals surface area contributed by atoms with Gasteiger partial charge < -0.3 is 25.3 Å². The molecule has 0 saturated carbocycles. The van der Waals surface area contributed by atoms with Crippen LogP contribution in [0, 0.1) is 17.5 Å².